The van der Waals surface area contributed by atoms with Crippen molar-refractivity contribution in [2.24, 2.45) is 5.84 Å². The van der Waals surface area contributed by atoms with Crippen LogP contribution in [0.2, 0.25) is 5.02 Å². The Morgan fingerprint density at radius 1 is 1.45 bits per heavy atom. The fraction of sp³-hybridized carbons (Fsp3) is 0.500. The Morgan fingerprint density at radius 2 is 2.15 bits per heavy atom. The number of nitrogens with one attached hydrogen (secondary N) is 2. The fourth-order valence-corrected chi connectivity index (χ4v) is 2.65. The van der Waals surface area contributed by atoms with E-state index >= 15 is 0 Å². The van der Waals surface area contributed by atoms with Crippen LogP contribution in [0.25, 0.3) is 0 Å². The molecule has 1 aliphatic rings. The highest BCUT2D eigenvalue weighted by molar-refractivity contribution is 6.31. The Labute approximate surface area is 124 Å². The molecule has 2 rings (SSSR count). The van der Waals surface area contributed by atoms with Gasteiger partial charge in [0.1, 0.15) is 0 Å². The fourth-order valence-electron chi connectivity index (χ4n) is 2.48. The molecule has 0 bridgehead atoms. The van der Waals surface area contributed by atoms with Gasteiger partial charge in [0.2, 0.25) is 0 Å². The molecule has 1 heterocycles. The second-order valence-electron chi connectivity index (χ2n) is 5.14. The van der Waals surface area contributed by atoms with E-state index in [9.17, 15) is 4.79 Å². The number of rotatable bonds is 5. The first-order valence-corrected chi connectivity index (χ1v) is 7.28. The number of amides is 1. The standard InChI is InChI=1S/C14H21ClN4O/c1-10(19-6-2-3-7-19)9-17-14(20)12-8-11(15)4-5-13(12)18-16/h4-5,8,10,18H,2-3,6-7,9,16H2,1H3,(H,17,20). The molecule has 1 atom stereocenters. The highest BCUT2D eigenvalue weighted by atomic mass is 35.5. The predicted octanol–water partition coefficient (Wildman–Crippen LogP) is 1.84. The van der Waals surface area contributed by atoms with Gasteiger partial charge in [-0.2, -0.15) is 0 Å². The summed E-state index contributed by atoms with van der Waals surface area (Å²) in [4.78, 5) is 14.6. The molecule has 6 heteroatoms. The van der Waals surface area contributed by atoms with Gasteiger partial charge in [-0.25, -0.2) is 0 Å². The van der Waals surface area contributed by atoms with E-state index in [0.717, 1.165) is 13.1 Å². The van der Waals surface area contributed by atoms with E-state index in [1.165, 1.54) is 12.8 Å². The summed E-state index contributed by atoms with van der Waals surface area (Å²) >= 11 is 5.93. The number of nitrogens with two attached hydrogens (primary N) is 1. The molecule has 1 unspecified atom stereocenters. The monoisotopic (exact) mass is 296 g/mol. The molecule has 1 saturated heterocycles. The van der Waals surface area contributed by atoms with Crippen LogP contribution in [0.3, 0.4) is 0 Å². The van der Waals surface area contributed by atoms with Crippen molar-refractivity contribution in [2.45, 2.75) is 25.8 Å². The van der Waals surface area contributed by atoms with Gasteiger partial charge in [-0.1, -0.05) is 11.6 Å². The molecule has 1 aliphatic heterocycles. The van der Waals surface area contributed by atoms with Gasteiger partial charge in [-0.15, -0.1) is 0 Å². The van der Waals surface area contributed by atoms with Crippen LogP contribution in [0, 0.1) is 0 Å². The smallest absolute Gasteiger partial charge is 0.253 e. The van der Waals surface area contributed by atoms with Crippen molar-refractivity contribution in [2.75, 3.05) is 25.1 Å². The van der Waals surface area contributed by atoms with Gasteiger partial charge < -0.3 is 10.7 Å². The summed E-state index contributed by atoms with van der Waals surface area (Å²) in [7, 11) is 0. The van der Waals surface area contributed by atoms with Crippen LogP contribution < -0.4 is 16.6 Å². The Balaban J connectivity index is 1.95. The molecule has 0 aliphatic carbocycles. The lowest BCUT2D eigenvalue weighted by Crippen LogP contribution is -2.40. The molecular weight excluding hydrogens is 276 g/mol. The molecule has 1 amide bonds. The molecule has 20 heavy (non-hydrogen) atoms. The first-order chi connectivity index (χ1) is 9.61. The summed E-state index contributed by atoms with van der Waals surface area (Å²) in [6, 6.07) is 5.35. The molecule has 5 nitrogen and oxygen atoms in total. The molecule has 1 aromatic carbocycles. The molecule has 110 valence electrons. The molecule has 0 aromatic heterocycles. The summed E-state index contributed by atoms with van der Waals surface area (Å²) < 4.78 is 0. The number of anilines is 1. The summed E-state index contributed by atoms with van der Waals surface area (Å²) in [6.45, 7) is 4.98. The van der Waals surface area contributed by atoms with E-state index in [1.54, 1.807) is 18.2 Å². The van der Waals surface area contributed by atoms with Crippen LogP contribution in [0.1, 0.15) is 30.1 Å². The highest BCUT2D eigenvalue weighted by Crippen LogP contribution is 2.20. The second-order valence-corrected chi connectivity index (χ2v) is 5.57. The van der Waals surface area contributed by atoms with E-state index in [2.05, 4.69) is 22.6 Å². The SMILES string of the molecule is CC(CNC(=O)c1cc(Cl)ccc1NN)N1CCCC1. The van der Waals surface area contributed by atoms with Crippen molar-refractivity contribution in [3.8, 4) is 0 Å². The Bertz CT molecular complexity index is 474. The number of nitrogen functional groups attached to an aromatic ring is 1. The lowest BCUT2D eigenvalue weighted by Gasteiger charge is -2.24. The van der Waals surface area contributed by atoms with Crippen LogP contribution in [0.4, 0.5) is 5.69 Å². The van der Waals surface area contributed by atoms with Crippen LogP contribution in [-0.4, -0.2) is 36.5 Å². The third-order valence-corrected chi connectivity index (χ3v) is 3.94. The third-order valence-electron chi connectivity index (χ3n) is 3.70. The number of hydrogen-bond donors (Lipinski definition) is 3. The van der Waals surface area contributed by atoms with Crippen LogP contribution in [-0.2, 0) is 0 Å². The summed E-state index contributed by atoms with van der Waals surface area (Å²) in [5.74, 6) is 5.25. The van der Waals surface area contributed by atoms with Crippen molar-refractivity contribution in [3.63, 3.8) is 0 Å². The average molecular weight is 297 g/mol. The Kier molecular flexibility index (Phi) is 5.23. The second kappa shape index (κ2) is 6.92. The average Bonchev–Trinajstić information content (AvgIpc) is 2.98. The van der Waals surface area contributed by atoms with E-state index in [1.807, 2.05) is 0 Å². The Morgan fingerprint density at radius 3 is 2.80 bits per heavy atom. The summed E-state index contributed by atoms with van der Waals surface area (Å²) in [6.07, 6.45) is 2.49. The largest absolute Gasteiger partial charge is 0.350 e. The van der Waals surface area contributed by atoms with Crippen molar-refractivity contribution < 1.29 is 4.79 Å². The number of carbonyl (C=O) groups excluding carboxylic acids is 1. The minimum atomic E-state index is -0.161. The number of nitrogens with zero attached hydrogens (tertiary/aromatic N) is 1. The maximum Gasteiger partial charge on any atom is 0.253 e. The maximum absolute atomic E-state index is 12.2. The first kappa shape index (κ1) is 15.1. The van der Waals surface area contributed by atoms with Crippen molar-refractivity contribution in [3.05, 3.63) is 28.8 Å². The van der Waals surface area contributed by atoms with Crippen LogP contribution in [0.5, 0.6) is 0 Å². The normalized spacial score (nSPS) is 16.9. The zero-order valence-electron chi connectivity index (χ0n) is 11.7. The quantitative estimate of drug-likeness (QED) is 0.573. The molecule has 0 spiro atoms. The van der Waals surface area contributed by atoms with Gasteiger partial charge in [-0.05, 0) is 51.1 Å². The third kappa shape index (κ3) is 3.62. The van der Waals surface area contributed by atoms with Gasteiger partial charge in [0, 0.05) is 17.6 Å². The molecule has 0 radical (unpaired) electrons. The van der Waals surface area contributed by atoms with Gasteiger partial charge in [0.05, 0.1) is 11.3 Å². The highest BCUT2D eigenvalue weighted by Gasteiger charge is 2.19. The lowest BCUT2D eigenvalue weighted by molar-refractivity contribution is 0.0941. The minimum absolute atomic E-state index is 0.161. The number of likely N-dealkylation sites (tertiary alicyclic amines) is 1. The number of halogens is 1. The molecule has 1 aromatic rings. The van der Waals surface area contributed by atoms with E-state index in [-0.39, 0.29) is 5.91 Å². The summed E-state index contributed by atoms with van der Waals surface area (Å²) in [5, 5.41) is 3.46. The van der Waals surface area contributed by atoms with Gasteiger partial charge in [0.15, 0.2) is 0 Å². The lowest BCUT2D eigenvalue weighted by atomic mass is 10.1. The zero-order valence-corrected chi connectivity index (χ0v) is 12.4. The van der Waals surface area contributed by atoms with Crippen LogP contribution >= 0.6 is 11.6 Å². The molecular formula is C14H21ClN4O. The van der Waals surface area contributed by atoms with E-state index in [0.29, 0.717) is 28.9 Å². The van der Waals surface area contributed by atoms with Crippen molar-refractivity contribution in [1.29, 1.82) is 0 Å². The van der Waals surface area contributed by atoms with E-state index < -0.39 is 0 Å². The number of benzene rings is 1. The van der Waals surface area contributed by atoms with E-state index in [4.69, 9.17) is 17.4 Å². The van der Waals surface area contributed by atoms with Crippen molar-refractivity contribution in [1.82, 2.24) is 10.2 Å². The first-order valence-electron chi connectivity index (χ1n) is 6.90. The van der Waals surface area contributed by atoms with Gasteiger partial charge >= 0.3 is 0 Å². The number of hydrogen-bond acceptors (Lipinski definition) is 4. The number of hydrazine groups is 1. The molecule has 1 fully saturated rings. The van der Waals surface area contributed by atoms with Gasteiger partial charge in [0.25, 0.3) is 5.91 Å². The van der Waals surface area contributed by atoms with Crippen molar-refractivity contribution >= 4 is 23.2 Å². The minimum Gasteiger partial charge on any atom is -0.350 e. The molecule has 0 saturated carbocycles. The summed E-state index contributed by atoms with van der Waals surface area (Å²) in [5.41, 5.74) is 3.55. The topological polar surface area (TPSA) is 70.4 Å². The number of carbonyl (C=O) groups is 1. The Hall–Kier alpha value is -1.30. The molecule has 4 N–H and O–H groups in total. The van der Waals surface area contributed by atoms with Crippen LogP contribution in [0.15, 0.2) is 18.2 Å². The van der Waals surface area contributed by atoms with Gasteiger partial charge in [-0.3, -0.25) is 15.5 Å². The maximum atomic E-state index is 12.2. The zero-order chi connectivity index (χ0) is 14.5. The predicted molar refractivity (Wildman–Crippen MR) is 81.9 cm³/mol.